The molecule has 4 rings (SSSR count). The van der Waals surface area contributed by atoms with Crippen molar-refractivity contribution in [2.45, 2.75) is 6.42 Å². The molecule has 1 aliphatic heterocycles. The Morgan fingerprint density at radius 2 is 2.11 bits per heavy atom. The molecule has 2 heterocycles. The number of anilines is 1. The molecular formula is C20H17ClN2O3S. The summed E-state index contributed by atoms with van der Waals surface area (Å²) in [7, 11) is 1.99. The lowest BCUT2D eigenvalue weighted by Gasteiger charge is -2.29. The van der Waals surface area contributed by atoms with E-state index < -0.39 is 5.97 Å². The van der Waals surface area contributed by atoms with Crippen molar-refractivity contribution in [2.24, 2.45) is 0 Å². The summed E-state index contributed by atoms with van der Waals surface area (Å²) in [4.78, 5) is 18.9. The van der Waals surface area contributed by atoms with Crippen LogP contribution in [-0.2, 0) is 11.2 Å². The molecule has 0 bridgehead atoms. The van der Waals surface area contributed by atoms with Crippen molar-refractivity contribution in [1.29, 1.82) is 0 Å². The lowest BCUT2D eigenvalue weighted by molar-refractivity contribution is -0.136. The van der Waals surface area contributed by atoms with E-state index in [-0.39, 0.29) is 6.42 Å². The van der Waals surface area contributed by atoms with Crippen LogP contribution >= 0.6 is 22.9 Å². The second kappa shape index (κ2) is 7.21. The number of rotatable bonds is 4. The molecular weight excluding hydrogens is 384 g/mol. The fourth-order valence-electron chi connectivity index (χ4n) is 3.12. The number of hydrogen-bond acceptors (Lipinski definition) is 5. The maximum absolute atomic E-state index is 11.4. The Hall–Kier alpha value is -2.57. The fourth-order valence-corrected chi connectivity index (χ4v) is 4.42. The predicted molar refractivity (Wildman–Crippen MR) is 108 cm³/mol. The fraction of sp³-hybridized carbons (Fsp3) is 0.200. The quantitative estimate of drug-likeness (QED) is 0.694. The monoisotopic (exact) mass is 400 g/mol. The highest BCUT2D eigenvalue weighted by atomic mass is 35.5. The Kier molecular flexibility index (Phi) is 4.76. The molecule has 0 saturated heterocycles. The normalized spacial score (nSPS) is 13.2. The van der Waals surface area contributed by atoms with Gasteiger partial charge in [-0.3, -0.25) is 4.79 Å². The van der Waals surface area contributed by atoms with E-state index in [0.717, 1.165) is 29.1 Å². The summed E-state index contributed by atoms with van der Waals surface area (Å²) in [5, 5.41) is 10.6. The highest BCUT2D eigenvalue weighted by Gasteiger charge is 2.24. The molecule has 27 heavy (non-hydrogen) atoms. The van der Waals surface area contributed by atoms with E-state index in [1.54, 1.807) is 0 Å². The van der Waals surface area contributed by atoms with E-state index in [9.17, 15) is 9.90 Å². The van der Waals surface area contributed by atoms with Crippen molar-refractivity contribution in [2.75, 3.05) is 25.1 Å². The number of likely N-dealkylation sites (N-methyl/N-ethyl adjacent to an activating group) is 1. The molecule has 3 aromatic rings. The van der Waals surface area contributed by atoms with Gasteiger partial charge < -0.3 is 14.7 Å². The summed E-state index contributed by atoms with van der Waals surface area (Å²) in [5.41, 5.74) is 3.30. The second-order valence-electron chi connectivity index (χ2n) is 6.30. The number of halogens is 1. The zero-order chi connectivity index (χ0) is 19.0. The van der Waals surface area contributed by atoms with Crippen molar-refractivity contribution in [3.05, 3.63) is 52.4 Å². The third-order valence-corrected chi connectivity index (χ3v) is 5.71. The largest absolute Gasteiger partial charge is 0.489 e. The first-order valence-corrected chi connectivity index (χ1v) is 9.67. The van der Waals surface area contributed by atoms with Gasteiger partial charge in [-0.2, -0.15) is 0 Å². The van der Waals surface area contributed by atoms with Crippen molar-refractivity contribution < 1.29 is 14.6 Å². The summed E-state index contributed by atoms with van der Waals surface area (Å²) in [6.07, 6.45) is -0.0780. The van der Waals surface area contributed by atoms with E-state index in [1.807, 2.05) is 49.5 Å². The molecule has 0 unspecified atom stereocenters. The lowest BCUT2D eigenvalue weighted by Crippen LogP contribution is -2.29. The summed E-state index contributed by atoms with van der Waals surface area (Å²) < 4.78 is 5.92. The van der Waals surface area contributed by atoms with E-state index in [4.69, 9.17) is 21.3 Å². The van der Waals surface area contributed by atoms with Crippen LogP contribution in [0.1, 0.15) is 4.88 Å². The molecule has 0 fully saturated rings. The van der Waals surface area contributed by atoms with Crippen molar-refractivity contribution in [3.63, 3.8) is 0 Å². The maximum Gasteiger partial charge on any atom is 0.308 e. The van der Waals surface area contributed by atoms with Gasteiger partial charge in [0, 0.05) is 22.5 Å². The van der Waals surface area contributed by atoms with Crippen molar-refractivity contribution in [1.82, 2.24) is 4.98 Å². The zero-order valence-corrected chi connectivity index (χ0v) is 16.2. The number of nitrogens with zero attached hydrogens (tertiary/aromatic N) is 2. The molecule has 0 amide bonds. The van der Waals surface area contributed by atoms with Crippen molar-refractivity contribution >= 4 is 34.6 Å². The zero-order valence-electron chi connectivity index (χ0n) is 14.6. The van der Waals surface area contributed by atoms with Crippen LogP contribution in [0.3, 0.4) is 0 Å². The maximum atomic E-state index is 11.4. The van der Waals surface area contributed by atoms with Gasteiger partial charge in [0.05, 0.1) is 29.9 Å². The number of hydrogen-bond donors (Lipinski definition) is 1. The molecule has 0 spiro atoms. The minimum absolute atomic E-state index is 0.0780. The van der Waals surface area contributed by atoms with Crippen LogP contribution in [0.5, 0.6) is 5.75 Å². The number of carbonyl (C=O) groups is 1. The first-order valence-electron chi connectivity index (χ1n) is 8.47. The average molecular weight is 401 g/mol. The first kappa shape index (κ1) is 17.8. The standard InChI is InChI=1S/C20H17ClN2O3S/c1-23-7-8-26-19-14(9-13(21)10-15(19)23)20-22-18(12-5-3-2-4-6-12)16(27-20)11-17(24)25/h2-6,9-10H,7-8,11H2,1H3,(H,24,25). The molecule has 7 heteroatoms. The molecule has 1 N–H and O–H groups in total. The average Bonchev–Trinajstić information content (AvgIpc) is 3.05. The summed E-state index contributed by atoms with van der Waals surface area (Å²) in [6, 6.07) is 13.3. The highest BCUT2D eigenvalue weighted by Crippen LogP contribution is 2.45. The molecule has 0 saturated carbocycles. The Morgan fingerprint density at radius 1 is 1.33 bits per heavy atom. The van der Waals surface area contributed by atoms with Crippen LogP contribution in [0.2, 0.25) is 5.02 Å². The molecule has 2 aromatic carbocycles. The minimum Gasteiger partial charge on any atom is -0.489 e. The molecule has 0 radical (unpaired) electrons. The van der Waals surface area contributed by atoms with Gasteiger partial charge in [0.15, 0.2) is 5.75 Å². The summed E-state index contributed by atoms with van der Waals surface area (Å²) in [5.74, 6) is -0.144. The van der Waals surface area contributed by atoms with E-state index in [2.05, 4.69) is 4.90 Å². The van der Waals surface area contributed by atoms with Crippen LogP contribution in [-0.4, -0.2) is 36.3 Å². The van der Waals surface area contributed by atoms with Gasteiger partial charge in [0.1, 0.15) is 11.6 Å². The van der Waals surface area contributed by atoms with Gasteiger partial charge in [-0.15, -0.1) is 11.3 Å². The van der Waals surface area contributed by atoms with Crippen LogP contribution < -0.4 is 9.64 Å². The number of ether oxygens (including phenoxy) is 1. The summed E-state index contributed by atoms with van der Waals surface area (Å²) in [6.45, 7) is 1.36. The van der Waals surface area contributed by atoms with Gasteiger partial charge in [-0.05, 0) is 12.1 Å². The van der Waals surface area contributed by atoms with Gasteiger partial charge >= 0.3 is 5.97 Å². The number of benzene rings is 2. The van der Waals surface area contributed by atoms with Gasteiger partial charge in [0.2, 0.25) is 0 Å². The third kappa shape index (κ3) is 3.50. The molecule has 0 aliphatic carbocycles. The topological polar surface area (TPSA) is 62.7 Å². The number of carboxylic acids is 1. The Morgan fingerprint density at radius 3 is 2.85 bits per heavy atom. The number of aromatic nitrogens is 1. The van der Waals surface area contributed by atoms with Gasteiger partial charge in [-0.25, -0.2) is 4.98 Å². The van der Waals surface area contributed by atoms with Crippen molar-refractivity contribution in [3.8, 4) is 27.6 Å². The molecule has 1 aromatic heterocycles. The number of fused-ring (bicyclic) bond motifs is 1. The van der Waals surface area contributed by atoms with E-state index >= 15 is 0 Å². The van der Waals surface area contributed by atoms with Crippen LogP contribution in [0.25, 0.3) is 21.8 Å². The SMILES string of the molecule is CN1CCOc2c(-c3nc(-c4ccccc4)c(CC(=O)O)s3)cc(Cl)cc21. The number of carboxylic acid groups (broad SMARTS) is 1. The van der Waals surface area contributed by atoms with Gasteiger partial charge in [0.25, 0.3) is 0 Å². The first-order chi connectivity index (χ1) is 13.0. The second-order valence-corrected chi connectivity index (χ2v) is 7.82. The minimum atomic E-state index is -0.883. The highest BCUT2D eigenvalue weighted by molar-refractivity contribution is 7.15. The number of thiazole rings is 1. The van der Waals surface area contributed by atoms with E-state index in [0.29, 0.717) is 27.2 Å². The Bertz CT molecular complexity index is 1000. The lowest BCUT2D eigenvalue weighted by atomic mass is 10.1. The Balaban J connectivity index is 1.88. The third-order valence-electron chi connectivity index (χ3n) is 4.41. The molecule has 5 nitrogen and oxygen atoms in total. The Labute approximate surface area is 165 Å². The van der Waals surface area contributed by atoms with Crippen LogP contribution in [0, 0.1) is 0 Å². The van der Waals surface area contributed by atoms with E-state index in [1.165, 1.54) is 11.3 Å². The molecule has 1 aliphatic rings. The smallest absolute Gasteiger partial charge is 0.308 e. The van der Waals surface area contributed by atoms with Crippen LogP contribution in [0.4, 0.5) is 5.69 Å². The summed E-state index contributed by atoms with van der Waals surface area (Å²) >= 11 is 7.71. The molecule has 0 atom stereocenters. The van der Waals surface area contributed by atoms with Gasteiger partial charge in [-0.1, -0.05) is 41.9 Å². The number of aliphatic carboxylic acids is 1. The predicted octanol–water partition coefficient (Wildman–Crippen LogP) is 4.59. The van der Waals surface area contributed by atoms with Crippen LogP contribution in [0.15, 0.2) is 42.5 Å². The molecule has 138 valence electrons.